The van der Waals surface area contributed by atoms with Crippen LogP contribution in [0.3, 0.4) is 0 Å². The maximum absolute atomic E-state index is 11.3. The lowest BCUT2D eigenvalue weighted by atomic mass is 10.2. The molecule has 0 bridgehead atoms. The molecular weight excluding hydrogens is 356 g/mol. The number of rotatable bonds is 5. The lowest BCUT2D eigenvalue weighted by molar-refractivity contribution is 0.174. The number of guanidine groups is 1. The predicted octanol–water partition coefficient (Wildman–Crippen LogP) is 0.928. The van der Waals surface area contributed by atoms with E-state index in [1.807, 2.05) is 18.2 Å². The summed E-state index contributed by atoms with van der Waals surface area (Å²) in [6, 6.07) is 12.1. The number of sulfonamides is 1. The second-order valence-corrected chi connectivity index (χ2v) is 7.22. The predicted molar refractivity (Wildman–Crippen MR) is 97.4 cm³/mol. The first-order chi connectivity index (χ1) is 12.5. The van der Waals surface area contributed by atoms with Gasteiger partial charge in [-0.25, -0.2) is 13.6 Å². The van der Waals surface area contributed by atoms with Gasteiger partial charge in [0, 0.05) is 20.1 Å². The topological polar surface area (TPSA) is 115 Å². The number of nitrogens with zero attached hydrogens (tertiary/aromatic N) is 1. The molecule has 0 aliphatic carbocycles. The number of hydrogen-bond donors (Lipinski definition) is 3. The molecule has 2 aromatic rings. The summed E-state index contributed by atoms with van der Waals surface area (Å²) in [5.41, 5.74) is 1.94. The van der Waals surface area contributed by atoms with Gasteiger partial charge in [0.1, 0.15) is 0 Å². The largest absolute Gasteiger partial charge is 0.454 e. The van der Waals surface area contributed by atoms with Crippen molar-refractivity contribution in [2.24, 2.45) is 10.1 Å². The van der Waals surface area contributed by atoms with E-state index in [0.29, 0.717) is 19.0 Å². The van der Waals surface area contributed by atoms with Gasteiger partial charge in [-0.3, -0.25) is 4.99 Å². The fourth-order valence-electron chi connectivity index (χ4n) is 2.44. The number of fused-ring (bicyclic) bond motifs is 1. The van der Waals surface area contributed by atoms with Crippen LogP contribution in [0.15, 0.2) is 52.4 Å². The van der Waals surface area contributed by atoms with E-state index >= 15 is 0 Å². The molecule has 0 atom stereocenters. The third kappa shape index (κ3) is 4.44. The highest BCUT2D eigenvalue weighted by molar-refractivity contribution is 7.89. The average molecular weight is 376 g/mol. The van der Waals surface area contributed by atoms with Crippen LogP contribution in [0.2, 0.25) is 0 Å². The van der Waals surface area contributed by atoms with Crippen LogP contribution >= 0.6 is 0 Å². The molecule has 0 aromatic heterocycles. The van der Waals surface area contributed by atoms with Crippen molar-refractivity contribution >= 4 is 16.0 Å². The number of aliphatic imine (C=N–C) groups is 1. The zero-order valence-electron chi connectivity index (χ0n) is 14.2. The fraction of sp³-hybridized carbons (Fsp3) is 0.235. The average Bonchev–Trinajstić information content (AvgIpc) is 3.09. The molecule has 138 valence electrons. The SMILES string of the molecule is CN=C(NCc1ccc(S(N)(=O)=O)cc1)NCc1ccc2c(c1)OCO2. The molecule has 0 radical (unpaired) electrons. The van der Waals surface area contributed by atoms with Crippen molar-refractivity contribution in [3.8, 4) is 11.5 Å². The summed E-state index contributed by atoms with van der Waals surface area (Å²) in [6.07, 6.45) is 0. The molecule has 0 saturated carbocycles. The van der Waals surface area contributed by atoms with Crippen molar-refractivity contribution in [2.45, 2.75) is 18.0 Å². The van der Waals surface area contributed by atoms with Gasteiger partial charge in [-0.05, 0) is 35.4 Å². The molecule has 0 fully saturated rings. The first kappa shape index (κ1) is 18.0. The molecular formula is C17H20N4O4S. The number of nitrogens with two attached hydrogens (primary N) is 1. The van der Waals surface area contributed by atoms with Crippen LogP contribution in [0.4, 0.5) is 0 Å². The normalized spacial score (nSPS) is 13.5. The van der Waals surface area contributed by atoms with E-state index in [0.717, 1.165) is 22.6 Å². The number of benzene rings is 2. The summed E-state index contributed by atoms with van der Waals surface area (Å²) < 4.78 is 33.2. The lowest BCUT2D eigenvalue weighted by Crippen LogP contribution is -2.36. The monoisotopic (exact) mass is 376 g/mol. The summed E-state index contributed by atoms with van der Waals surface area (Å²) in [5, 5.41) is 11.5. The Bertz CT molecular complexity index is 911. The standard InChI is InChI=1S/C17H20N4O4S/c1-19-17(20-9-12-2-5-14(6-3-12)26(18,22)23)21-10-13-4-7-15-16(8-13)25-11-24-15/h2-8H,9-11H2,1H3,(H2,18,22,23)(H2,19,20,21). The van der Waals surface area contributed by atoms with Crippen LogP contribution in [0.25, 0.3) is 0 Å². The van der Waals surface area contributed by atoms with Gasteiger partial charge in [0.2, 0.25) is 16.8 Å². The van der Waals surface area contributed by atoms with E-state index in [2.05, 4.69) is 15.6 Å². The highest BCUT2D eigenvalue weighted by Crippen LogP contribution is 2.32. The number of nitrogens with one attached hydrogen (secondary N) is 2. The molecule has 1 heterocycles. The van der Waals surface area contributed by atoms with Crippen LogP contribution in [-0.2, 0) is 23.1 Å². The van der Waals surface area contributed by atoms with Gasteiger partial charge in [-0.2, -0.15) is 0 Å². The van der Waals surface area contributed by atoms with Gasteiger partial charge in [-0.1, -0.05) is 18.2 Å². The van der Waals surface area contributed by atoms with Crippen LogP contribution < -0.4 is 25.2 Å². The Balaban J connectivity index is 1.53. The van der Waals surface area contributed by atoms with Crippen LogP contribution in [0.1, 0.15) is 11.1 Å². The van der Waals surface area contributed by atoms with E-state index in [1.165, 1.54) is 12.1 Å². The minimum absolute atomic E-state index is 0.0894. The van der Waals surface area contributed by atoms with Crippen LogP contribution in [0.5, 0.6) is 11.5 Å². The van der Waals surface area contributed by atoms with Crippen molar-refractivity contribution in [1.29, 1.82) is 0 Å². The zero-order valence-corrected chi connectivity index (χ0v) is 15.0. The van der Waals surface area contributed by atoms with Crippen LogP contribution in [0, 0.1) is 0 Å². The van der Waals surface area contributed by atoms with Gasteiger partial charge in [0.05, 0.1) is 4.90 Å². The maximum Gasteiger partial charge on any atom is 0.238 e. The van der Waals surface area contributed by atoms with Gasteiger partial charge in [-0.15, -0.1) is 0 Å². The lowest BCUT2D eigenvalue weighted by Gasteiger charge is -2.12. The third-order valence-electron chi connectivity index (χ3n) is 3.83. The highest BCUT2D eigenvalue weighted by atomic mass is 32.2. The maximum atomic E-state index is 11.3. The molecule has 1 aliphatic heterocycles. The first-order valence-electron chi connectivity index (χ1n) is 7.90. The summed E-state index contributed by atoms with van der Waals surface area (Å²) in [5.74, 6) is 2.11. The van der Waals surface area contributed by atoms with E-state index in [1.54, 1.807) is 19.2 Å². The van der Waals surface area contributed by atoms with Gasteiger partial charge < -0.3 is 20.1 Å². The Morgan fingerprint density at radius 3 is 2.31 bits per heavy atom. The smallest absolute Gasteiger partial charge is 0.238 e. The first-order valence-corrected chi connectivity index (χ1v) is 9.45. The summed E-state index contributed by atoms with van der Waals surface area (Å²) in [6.45, 7) is 1.31. The molecule has 9 heteroatoms. The molecule has 2 aromatic carbocycles. The van der Waals surface area contributed by atoms with Crippen molar-refractivity contribution in [1.82, 2.24) is 10.6 Å². The second-order valence-electron chi connectivity index (χ2n) is 5.66. The zero-order chi connectivity index (χ0) is 18.6. The summed E-state index contributed by atoms with van der Waals surface area (Å²) in [4.78, 5) is 4.26. The van der Waals surface area contributed by atoms with Crippen LogP contribution in [-0.4, -0.2) is 28.2 Å². The number of ether oxygens (including phenoxy) is 2. The van der Waals surface area contributed by atoms with E-state index in [9.17, 15) is 8.42 Å². The number of hydrogen-bond acceptors (Lipinski definition) is 5. The molecule has 3 rings (SSSR count). The third-order valence-corrected chi connectivity index (χ3v) is 4.76. The minimum Gasteiger partial charge on any atom is -0.454 e. The molecule has 4 N–H and O–H groups in total. The van der Waals surface area contributed by atoms with E-state index in [-0.39, 0.29) is 11.7 Å². The van der Waals surface area contributed by atoms with Crippen molar-refractivity contribution < 1.29 is 17.9 Å². The van der Waals surface area contributed by atoms with E-state index in [4.69, 9.17) is 14.6 Å². The molecule has 0 spiro atoms. The summed E-state index contributed by atoms with van der Waals surface area (Å²) >= 11 is 0. The highest BCUT2D eigenvalue weighted by Gasteiger charge is 2.13. The van der Waals surface area contributed by atoms with Gasteiger partial charge in [0.15, 0.2) is 17.5 Å². The number of primary sulfonamides is 1. The minimum atomic E-state index is -3.67. The summed E-state index contributed by atoms with van der Waals surface area (Å²) in [7, 11) is -2.00. The Kier molecular flexibility index (Phi) is 5.29. The molecule has 26 heavy (non-hydrogen) atoms. The molecule has 8 nitrogen and oxygen atoms in total. The quantitative estimate of drug-likeness (QED) is 0.528. The van der Waals surface area contributed by atoms with Gasteiger partial charge >= 0.3 is 0 Å². The molecule has 1 aliphatic rings. The Morgan fingerprint density at radius 1 is 1.04 bits per heavy atom. The van der Waals surface area contributed by atoms with Crippen molar-refractivity contribution in [3.63, 3.8) is 0 Å². The van der Waals surface area contributed by atoms with E-state index < -0.39 is 10.0 Å². The molecule has 0 saturated heterocycles. The Hall–Kier alpha value is -2.78. The molecule has 0 amide bonds. The molecule has 0 unspecified atom stereocenters. The van der Waals surface area contributed by atoms with Crippen molar-refractivity contribution in [2.75, 3.05) is 13.8 Å². The van der Waals surface area contributed by atoms with Crippen molar-refractivity contribution in [3.05, 3.63) is 53.6 Å². The fourth-order valence-corrected chi connectivity index (χ4v) is 2.96. The Labute approximate surface area is 152 Å². The van der Waals surface area contributed by atoms with Gasteiger partial charge in [0.25, 0.3) is 0 Å². The Morgan fingerprint density at radius 2 is 1.65 bits per heavy atom. The second kappa shape index (κ2) is 7.63.